The van der Waals surface area contributed by atoms with E-state index in [-0.39, 0.29) is 0 Å². The molecule has 0 aliphatic rings. The lowest BCUT2D eigenvalue weighted by molar-refractivity contribution is 0.139. The highest BCUT2D eigenvalue weighted by atomic mass is 16.5. The van der Waals surface area contributed by atoms with Crippen LogP contribution in [0.25, 0.3) is 0 Å². The standard InChI is InChI=1S/C12H22O/c1-10(2)9-13-8-6-7-12(5)11(3)4/h10-12H,8-9H2,1-5H3/t12-/m0/s1. The fourth-order valence-electron chi connectivity index (χ4n) is 0.715. The van der Waals surface area contributed by atoms with Gasteiger partial charge >= 0.3 is 0 Å². The number of rotatable bonds is 4. The van der Waals surface area contributed by atoms with Gasteiger partial charge in [0.05, 0.1) is 6.61 Å². The highest BCUT2D eigenvalue weighted by Gasteiger charge is 2.00. The van der Waals surface area contributed by atoms with Gasteiger partial charge in [-0.3, -0.25) is 0 Å². The van der Waals surface area contributed by atoms with Crippen molar-refractivity contribution in [2.45, 2.75) is 34.6 Å². The molecule has 0 N–H and O–H groups in total. The predicted octanol–water partition coefficient (Wildman–Crippen LogP) is 2.95. The van der Waals surface area contributed by atoms with Crippen LogP contribution in [0.4, 0.5) is 0 Å². The van der Waals surface area contributed by atoms with E-state index in [2.05, 4.69) is 46.5 Å². The van der Waals surface area contributed by atoms with E-state index in [9.17, 15) is 0 Å². The molecule has 0 saturated carbocycles. The normalized spacial score (nSPS) is 12.8. The van der Waals surface area contributed by atoms with E-state index in [1.807, 2.05) is 0 Å². The van der Waals surface area contributed by atoms with Crippen LogP contribution in [-0.4, -0.2) is 13.2 Å². The van der Waals surface area contributed by atoms with Crippen LogP contribution in [0.15, 0.2) is 0 Å². The molecule has 0 saturated heterocycles. The first-order chi connectivity index (χ1) is 6.04. The maximum absolute atomic E-state index is 5.35. The molecule has 0 rings (SSSR count). The topological polar surface area (TPSA) is 9.23 Å². The first-order valence-corrected chi connectivity index (χ1v) is 5.10. The molecular weight excluding hydrogens is 160 g/mol. The van der Waals surface area contributed by atoms with Gasteiger partial charge in [0.1, 0.15) is 6.61 Å². The third-order valence-corrected chi connectivity index (χ3v) is 1.96. The quantitative estimate of drug-likeness (QED) is 0.480. The van der Waals surface area contributed by atoms with Crippen molar-refractivity contribution in [3.63, 3.8) is 0 Å². The average molecular weight is 182 g/mol. The van der Waals surface area contributed by atoms with Gasteiger partial charge in [0.15, 0.2) is 0 Å². The zero-order valence-corrected chi connectivity index (χ0v) is 9.55. The Morgan fingerprint density at radius 3 is 2.15 bits per heavy atom. The minimum Gasteiger partial charge on any atom is -0.369 e. The molecule has 0 aliphatic carbocycles. The van der Waals surface area contributed by atoms with Crippen LogP contribution < -0.4 is 0 Å². The zero-order valence-electron chi connectivity index (χ0n) is 9.55. The molecule has 0 unspecified atom stereocenters. The van der Waals surface area contributed by atoms with Crippen molar-refractivity contribution < 1.29 is 4.74 Å². The van der Waals surface area contributed by atoms with Gasteiger partial charge in [-0.1, -0.05) is 46.5 Å². The molecule has 76 valence electrons. The lowest BCUT2D eigenvalue weighted by Crippen LogP contribution is -2.03. The number of hydrogen-bond acceptors (Lipinski definition) is 1. The molecule has 0 spiro atoms. The Bertz CT molecular complexity index is 171. The Morgan fingerprint density at radius 1 is 1.08 bits per heavy atom. The van der Waals surface area contributed by atoms with Crippen LogP contribution in [0.2, 0.25) is 0 Å². The summed E-state index contributed by atoms with van der Waals surface area (Å²) in [5.74, 6) is 7.94. The molecule has 0 radical (unpaired) electrons. The first-order valence-electron chi connectivity index (χ1n) is 5.10. The van der Waals surface area contributed by atoms with E-state index < -0.39 is 0 Å². The number of ether oxygens (including phenoxy) is 1. The summed E-state index contributed by atoms with van der Waals surface area (Å²) < 4.78 is 5.35. The van der Waals surface area contributed by atoms with Crippen molar-refractivity contribution >= 4 is 0 Å². The molecule has 1 atom stereocenters. The molecule has 13 heavy (non-hydrogen) atoms. The van der Waals surface area contributed by atoms with Gasteiger partial charge in [0.25, 0.3) is 0 Å². The van der Waals surface area contributed by atoms with Crippen molar-refractivity contribution in [2.75, 3.05) is 13.2 Å². The second kappa shape index (κ2) is 6.97. The van der Waals surface area contributed by atoms with Crippen LogP contribution in [0.3, 0.4) is 0 Å². The van der Waals surface area contributed by atoms with Gasteiger partial charge in [-0.25, -0.2) is 0 Å². The molecule has 0 heterocycles. The van der Waals surface area contributed by atoms with Gasteiger partial charge in [-0.15, -0.1) is 0 Å². The van der Waals surface area contributed by atoms with Gasteiger partial charge in [-0.2, -0.15) is 0 Å². The van der Waals surface area contributed by atoms with E-state index in [0.717, 1.165) is 6.61 Å². The Hall–Kier alpha value is -0.480. The minimum absolute atomic E-state index is 0.475. The van der Waals surface area contributed by atoms with Crippen molar-refractivity contribution in [1.82, 2.24) is 0 Å². The van der Waals surface area contributed by atoms with E-state index in [0.29, 0.717) is 24.4 Å². The predicted molar refractivity (Wildman–Crippen MR) is 57.4 cm³/mol. The SMILES string of the molecule is CC(C)COCC#C[C@H](C)C(C)C. The lowest BCUT2D eigenvalue weighted by Gasteiger charge is -2.06. The maximum Gasteiger partial charge on any atom is 0.107 e. The Labute approximate surface area is 82.9 Å². The fourth-order valence-corrected chi connectivity index (χ4v) is 0.715. The highest BCUT2D eigenvalue weighted by molar-refractivity contribution is 5.03. The summed E-state index contributed by atoms with van der Waals surface area (Å²) in [6.07, 6.45) is 0. The smallest absolute Gasteiger partial charge is 0.107 e. The fraction of sp³-hybridized carbons (Fsp3) is 0.833. The average Bonchev–Trinajstić information content (AvgIpc) is 2.02. The van der Waals surface area contributed by atoms with Crippen molar-refractivity contribution in [2.24, 2.45) is 17.8 Å². The van der Waals surface area contributed by atoms with Crippen LogP contribution in [0.1, 0.15) is 34.6 Å². The first kappa shape index (κ1) is 12.5. The van der Waals surface area contributed by atoms with Crippen molar-refractivity contribution in [1.29, 1.82) is 0 Å². The molecule has 0 fully saturated rings. The molecule has 0 aromatic carbocycles. The molecule has 1 nitrogen and oxygen atoms in total. The van der Waals surface area contributed by atoms with E-state index in [1.54, 1.807) is 0 Å². The summed E-state index contributed by atoms with van der Waals surface area (Å²) in [6, 6.07) is 0. The Kier molecular flexibility index (Phi) is 6.72. The van der Waals surface area contributed by atoms with E-state index in [1.165, 1.54) is 0 Å². The van der Waals surface area contributed by atoms with Crippen LogP contribution in [-0.2, 0) is 4.74 Å². The molecule has 0 aliphatic heterocycles. The molecular formula is C12H22O. The minimum atomic E-state index is 0.475. The largest absolute Gasteiger partial charge is 0.369 e. The van der Waals surface area contributed by atoms with Gasteiger partial charge < -0.3 is 4.74 Å². The zero-order chi connectivity index (χ0) is 10.3. The summed E-state index contributed by atoms with van der Waals surface area (Å²) in [7, 11) is 0. The van der Waals surface area contributed by atoms with Crippen molar-refractivity contribution in [3.05, 3.63) is 0 Å². The highest BCUT2D eigenvalue weighted by Crippen LogP contribution is 2.06. The van der Waals surface area contributed by atoms with Crippen molar-refractivity contribution in [3.8, 4) is 11.8 Å². The second-order valence-corrected chi connectivity index (χ2v) is 4.26. The van der Waals surface area contributed by atoms with Gasteiger partial charge in [0.2, 0.25) is 0 Å². The lowest BCUT2D eigenvalue weighted by atomic mass is 9.99. The Morgan fingerprint density at radius 2 is 1.69 bits per heavy atom. The third-order valence-electron chi connectivity index (χ3n) is 1.96. The summed E-state index contributed by atoms with van der Waals surface area (Å²) in [5, 5.41) is 0. The van der Waals surface area contributed by atoms with E-state index >= 15 is 0 Å². The monoisotopic (exact) mass is 182 g/mol. The van der Waals surface area contributed by atoms with Gasteiger partial charge in [0, 0.05) is 5.92 Å². The van der Waals surface area contributed by atoms with Crippen LogP contribution in [0.5, 0.6) is 0 Å². The summed E-state index contributed by atoms with van der Waals surface area (Å²) in [5.41, 5.74) is 0. The molecule has 0 bridgehead atoms. The maximum atomic E-state index is 5.35. The molecule has 1 heteroatoms. The van der Waals surface area contributed by atoms with Gasteiger partial charge in [-0.05, 0) is 11.8 Å². The summed E-state index contributed by atoms with van der Waals surface area (Å²) in [6.45, 7) is 12.2. The molecule has 0 aromatic heterocycles. The summed E-state index contributed by atoms with van der Waals surface area (Å²) in [4.78, 5) is 0. The van der Waals surface area contributed by atoms with Crippen LogP contribution in [0, 0.1) is 29.6 Å². The number of hydrogen-bond donors (Lipinski definition) is 0. The van der Waals surface area contributed by atoms with Crippen LogP contribution >= 0.6 is 0 Å². The molecule has 0 amide bonds. The van der Waals surface area contributed by atoms with E-state index in [4.69, 9.17) is 4.74 Å². The Balaban J connectivity index is 3.50. The summed E-state index contributed by atoms with van der Waals surface area (Å²) >= 11 is 0. The second-order valence-electron chi connectivity index (χ2n) is 4.26. The third kappa shape index (κ3) is 7.87. The molecule has 0 aromatic rings.